The summed E-state index contributed by atoms with van der Waals surface area (Å²) in [7, 11) is 0. The van der Waals surface area contributed by atoms with Gasteiger partial charge in [-0.1, -0.05) is 48.0 Å². The van der Waals surface area contributed by atoms with Crippen LogP contribution >= 0.6 is 11.6 Å². The van der Waals surface area contributed by atoms with Gasteiger partial charge in [0.2, 0.25) is 0 Å². The molecule has 0 atom stereocenters. The molecule has 0 aliphatic carbocycles. The minimum absolute atomic E-state index is 0.285. The molecule has 0 spiro atoms. The zero-order chi connectivity index (χ0) is 15.5. The summed E-state index contributed by atoms with van der Waals surface area (Å²) in [5, 5.41) is 2.78. The first kappa shape index (κ1) is 14.4. The molecular weight excluding hydrogens is 298 g/mol. The maximum atomic E-state index is 11.4. The molecule has 0 unspecified atom stereocenters. The minimum Gasteiger partial charge on any atom is -0.488 e. The van der Waals surface area contributed by atoms with E-state index in [1.54, 1.807) is 12.1 Å². The molecule has 4 heteroatoms. The van der Waals surface area contributed by atoms with E-state index in [1.807, 2.05) is 24.3 Å². The first-order valence-electron chi connectivity index (χ1n) is 6.83. The molecule has 1 amide bonds. The number of hydrogen-bond acceptors (Lipinski definition) is 2. The van der Waals surface area contributed by atoms with E-state index < -0.39 is 5.91 Å². The van der Waals surface area contributed by atoms with Crippen LogP contribution in [0.5, 0.6) is 5.75 Å². The van der Waals surface area contributed by atoms with Crippen LogP contribution in [0.1, 0.15) is 15.9 Å². The summed E-state index contributed by atoms with van der Waals surface area (Å²) in [6, 6.07) is 19.1. The zero-order valence-corrected chi connectivity index (χ0v) is 12.5. The second kappa shape index (κ2) is 6.08. The van der Waals surface area contributed by atoms with Gasteiger partial charge in [0, 0.05) is 5.02 Å². The van der Waals surface area contributed by atoms with Gasteiger partial charge in [-0.25, -0.2) is 0 Å². The van der Waals surface area contributed by atoms with Crippen molar-refractivity contribution in [1.82, 2.24) is 0 Å². The van der Waals surface area contributed by atoms with Crippen LogP contribution in [0, 0.1) is 0 Å². The van der Waals surface area contributed by atoms with Gasteiger partial charge in [0.15, 0.2) is 0 Å². The zero-order valence-electron chi connectivity index (χ0n) is 11.8. The third kappa shape index (κ3) is 3.05. The van der Waals surface area contributed by atoms with Crippen molar-refractivity contribution in [2.24, 2.45) is 5.73 Å². The number of nitrogens with two attached hydrogens (primary N) is 1. The van der Waals surface area contributed by atoms with Crippen LogP contribution in [-0.2, 0) is 6.61 Å². The third-order valence-electron chi connectivity index (χ3n) is 3.42. The summed E-state index contributed by atoms with van der Waals surface area (Å²) in [6.07, 6.45) is 0. The second-order valence-corrected chi connectivity index (χ2v) is 5.41. The number of primary amides is 1. The molecule has 2 N–H and O–H groups in total. The highest BCUT2D eigenvalue weighted by molar-refractivity contribution is 6.31. The van der Waals surface area contributed by atoms with Crippen molar-refractivity contribution in [3.8, 4) is 5.75 Å². The average Bonchev–Trinajstić information content (AvgIpc) is 2.53. The molecule has 22 heavy (non-hydrogen) atoms. The Morgan fingerprint density at radius 3 is 2.55 bits per heavy atom. The Morgan fingerprint density at radius 2 is 1.77 bits per heavy atom. The summed E-state index contributed by atoms with van der Waals surface area (Å²) in [5.74, 6) is -0.124. The van der Waals surface area contributed by atoms with Crippen molar-refractivity contribution in [2.45, 2.75) is 6.61 Å². The predicted octanol–water partition coefficient (Wildman–Crippen LogP) is 4.17. The standard InChI is InChI=1S/C18H14ClNO2/c19-15-7-8-17(16(10-15)18(20)21)22-11-12-5-6-13-3-1-2-4-14(13)9-12/h1-10H,11H2,(H2,20,21). The van der Waals surface area contributed by atoms with Gasteiger partial charge in [0.05, 0.1) is 5.56 Å². The molecule has 3 aromatic carbocycles. The number of benzene rings is 3. The molecule has 0 fully saturated rings. The van der Waals surface area contributed by atoms with Crippen molar-refractivity contribution in [1.29, 1.82) is 0 Å². The molecule has 0 bridgehead atoms. The Balaban J connectivity index is 1.83. The number of carbonyl (C=O) groups is 1. The molecule has 3 rings (SSSR count). The van der Waals surface area contributed by atoms with Crippen LogP contribution in [0.2, 0.25) is 5.02 Å². The van der Waals surface area contributed by atoms with Gasteiger partial charge in [-0.2, -0.15) is 0 Å². The van der Waals surface area contributed by atoms with E-state index in [9.17, 15) is 4.79 Å². The molecule has 0 aliphatic heterocycles. The summed E-state index contributed by atoms with van der Waals surface area (Å²) in [4.78, 5) is 11.4. The van der Waals surface area contributed by atoms with E-state index in [2.05, 4.69) is 18.2 Å². The van der Waals surface area contributed by atoms with Gasteiger partial charge in [0.1, 0.15) is 12.4 Å². The van der Waals surface area contributed by atoms with Crippen molar-refractivity contribution in [2.75, 3.05) is 0 Å². The molecule has 3 nitrogen and oxygen atoms in total. The number of fused-ring (bicyclic) bond motifs is 1. The number of hydrogen-bond donors (Lipinski definition) is 1. The van der Waals surface area contributed by atoms with Gasteiger partial charge in [-0.05, 0) is 40.6 Å². The van der Waals surface area contributed by atoms with Gasteiger partial charge >= 0.3 is 0 Å². The fourth-order valence-corrected chi connectivity index (χ4v) is 2.48. The van der Waals surface area contributed by atoms with Crippen molar-refractivity contribution in [3.63, 3.8) is 0 Å². The molecule has 0 radical (unpaired) electrons. The molecule has 3 aromatic rings. The lowest BCUT2D eigenvalue weighted by molar-refractivity contribution is 0.0996. The van der Waals surface area contributed by atoms with Crippen LogP contribution in [-0.4, -0.2) is 5.91 Å². The van der Waals surface area contributed by atoms with E-state index in [-0.39, 0.29) is 5.56 Å². The smallest absolute Gasteiger partial charge is 0.252 e. The van der Waals surface area contributed by atoms with E-state index in [1.165, 1.54) is 11.5 Å². The Hall–Kier alpha value is -2.52. The molecule has 0 aliphatic rings. The van der Waals surface area contributed by atoms with Crippen molar-refractivity contribution >= 4 is 28.3 Å². The summed E-state index contributed by atoms with van der Waals surface area (Å²) < 4.78 is 5.73. The van der Waals surface area contributed by atoms with E-state index in [4.69, 9.17) is 22.1 Å². The lowest BCUT2D eigenvalue weighted by Crippen LogP contribution is -2.13. The summed E-state index contributed by atoms with van der Waals surface area (Å²) in [5.41, 5.74) is 6.65. The second-order valence-electron chi connectivity index (χ2n) is 4.97. The average molecular weight is 312 g/mol. The number of rotatable bonds is 4. The van der Waals surface area contributed by atoms with E-state index >= 15 is 0 Å². The first-order valence-corrected chi connectivity index (χ1v) is 7.21. The van der Waals surface area contributed by atoms with Gasteiger partial charge in [-0.3, -0.25) is 4.79 Å². The highest BCUT2D eigenvalue weighted by atomic mass is 35.5. The van der Waals surface area contributed by atoms with Crippen LogP contribution in [0.25, 0.3) is 10.8 Å². The number of ether oxygens (including phenoxy) is 1. The van der Waals surface area contributed by atoms with Crippen molar-refractivity contribution < 1.29 is 9.53 Å². The SMILES string of the molecule is NC(=O)c1cc(Cl)ccc1OCc1ccc2ccccc2c1. The van der Waals surface area contributed by atoms with Crippen LogP contribution in [0.3, 0.4) is 0 Å². The Morgan fingerprint density at radius 1 is 1.00 bits per heavy atom. The quantitative estimate of drug-likeness (QED) is 0.786. The highest BCUT2D eigenvalue weighted by Gasteiger charge is 2.10. The van der Waals surface area contributed by atoms with Crippen LogP contribution in [0.4, 0.5) is 0 Å². The van der Waals surface area contributed by atoms with Crippen molar-refractivity contribution in [3.05, 3.63) is 76.8 Å². The fourth-order valence-electron chi connectivity index (χ4n) is 2.31. The number of halogens is 1. The summed E-state index contributed by atoms with van der Waals surface area (Å²) in [6.45, 7) is 0.354. The maximum Gasteiger partial charge on any atom is 0.252 e. The lowest BCUT2D eigenvalue weighted by Gasteiger charge is -2.10. The van der Waals surface area contributed by atoms with Gasteiger partial charge in [-0.15, -0.1) is 0 Å². The van der Waals surface area contributed by atoms with Gasteiger partial charge in [0.25, 0.3) is 5.91 Å². The maximum absolute atomic E-state index is 11.4. The number of carbonyl (C=O) groups excluding carboxylic acids is 1. The first-order chi connectivity index (χ1) is 10.6. The van der Waals surface area contributed by atoms with E-state index in [0.717, 1.165) is 10.9 Å². The van der Waals surface area contributed by atoms with Crippen LogP contribution in [0.15, 0.2) is 60.7 Å². The monoisotopic (exact) mass is 311 g/mol. The summed E-state index contributed by atoms with van der Waals surface area (Å²) >= 11 is 5.88. The molecular formula is C18H14ClNO2. The Bertz CT molecular complexity index is 845. The molecule has 0 saturated heterocycles. The van der Waals surface area contributed by atoms with Gasteiger partial charge < -0.3 is 10.5 Å². The van der Waals surface area contributed by atoms with Crippen LogP contribution < -0.4 is 10.5 Å². The minimum atomic E-state index is -0.559. The molecule has 0 heterocycles. The normalized spacial score (nSPS) is 10.6. The Kier molecular flexibility index (Phi) is 3.98. The third-order valence-corrected chi connectivity index (χ3v) is 3.65. The molecule has 110 valence electrons. The fraction of sp³-hybridized carbons (Fsp3) is 0.0556. The molecule has 0 saturated carbocycles. The molecule has 0 aromatic heterocycles. The predicted molar refractivity (Wildman–Crippen MR) is 88.2 cm³/mol. The lowest BCUT2D eigenvalue weighted by atomic mass is 10.1. The Labute approximate surface area is 133 Å². The highest BCUT2D eigenvalue weighted by Crippen LogP contribution is 2.24. The topological polar surface area (TPSA) is 52.3 Å². The number of amides is 1. The largest absolute Gasteiger partial charge is 0.488 e. The van der Waals surface area contributed by atoms with E-state index in [0.29, 0.717) is 17.4 Å².